The summed E-state index contributed by atoms with van der Waals surface area (Å²) in [6.07, 6.45) is 3.78. The number of amides is 1. The second kappa shape index (κ2) is 5.11. The summed E-state index contributed by atoms with van der Waals surface area (Å²) in [6, 6.07) is 10.2. The van der Waals surface area contributed by atoms with Crippen molar-refractivity contribution >= 4 is 5.91 Å². The molecule has 2 saturated heterocycles. The molecule has 3 heteroatoms. The van der Waals surface area contributed by atoms with E-state index >= 15 is 0 Å². The smallest absolute Gasteiger partial charge is 0.253 e. The number of carbonyl (C=O) groups is 1. The first-order valence-corrected chi connectivity index (χ1v) is 6.93. The molecule has 18 heavy (non-hydrogen) atoms. The van der Waals surface area contributed by atoms with E-state index in [1.807, 2.05) is 35.2 Å². The molecule has 0 bridgehead atoms. The van der Waals surface area contributed by atoms with E-state index in [9.17, 15) is 4.79 Å². The molecule has 2 fully saturated rings. The van der Waals surface area contributed by atoms with Gasteiger partial charge in [-0.1, -0.05) is 18.2 Å². The molecule has 0 aliphatic carbocycles. The molecule has 0 saturated carbocycles. The predicted molar refractivity (Wildman–Crippen MR) is 71.6 cm³/mol. The second-order valence-corrected chi connectivity index (χ2v) is 5.30. The molecule has 1 aromatic carbocycles. The van der Waals surface area contributed by atoms with Gasteiger partial charge < -0.3 is 4.90 Å². The largest absolute Gasteiger partial charge is 0.337 e. The third kappa shape index (κ3) is 2.27. The fraction of sp³-hybridized carbons (Fsp3) is 0.533. The lowest BCUT2D eigenvalue weighted by atomic mass is 10.2. The van der Waals surface area contributed by atoms with Crippen LogP contribution in [0.1, 0.15) is 29.6 Å². The quantitative estimate of drug-likeness (QED) is 0.794. The van der Waals surface area contributed by atoms with E-state index in [1.165, 1.54) is 25.9 Å². The summed E-state index contributed by atoms with van der Waals surface area (Å²) in [4.78, 5) is 16.9. The van der Waals surface area contributed by atoms with Crippen molar-refractivity contribution in [3.8, 4) is 0 Å². The van der Waals surface area contributed by atoms with Crippen LogP contribution in [0.2, 0.25) is 0 Å². The van der Waals surface area contributed by atoms with Gasteiger partial charge >= 0.3 is 0 Å². The Morgan fingerprint density at radius 2 is 1.78 bits per heavy atom. The van der Waals surface area contributed by atoms with Crippen LogP contribution in [0.3, 0.4) is 0 Å². The Bertz CT molecular complexity index is 412. The van der Waals surface area contributed by atoms with Crippen LogP contribution in [0.25, 0.3) is 0 Å². The molecule has 0 spiro atoms. The predicted octanol–water partition coefficient (Wildman–Crippen LogP) is 2.00. The van der Waals surface area contributed by atoms with Gasteiger partial charge in [0.1, 0.15) is 0 Å². The number of rotatable bonds is 2. The van der Waals surface area contributed by atoms with Gasteiger partial charge in [0.05, 0.1) is 0 Å². The van der Waals surface area contributed by atoms with Crippen LogP contribution in [-0.2, 0) is 0 Å². The van der Waals surface area contributed by atoms with Gasteiger partial charge in [0.15, 0.2) is 0 Å². The summed E-state index contributed by atoms with van der Waals surface area (Å²) in [5.41, 5.74) is 0.819. The molecule has 0 N–H and O–H groups in total. The highest BCUT2D eigenvalue weighted by Gasteiger charge is 2.31. The lowest BCUT2D eigenvalue weighted by Gasteiger charge is -2.23. The minimum absolute atomic E-state index is 0.192. The van der Waals surface area contributed by atoms with Crippen molar-refractivity contribution < 1.29 is 4.79 Å². The van der Waals surface area contributed by atoms with Crippen molar-refractivity contribution in [2.45, 2.75) is 25.3 Å². The molecule has 3 rings (SSSR count). The van der Waals surface area contributed by atoms with Crippen LogP contribution in [-0.4, -0.2) is 47.9 Å². The molecule has 1 aromatic rings. The Morgan fingerprint density at radius 1 is 1.06 bits per heavy atom. The standard InChI is InChI=1S/C15H20N2O/c18-15(13-6-2-1-3-7-13)17-11-8-14(12-17)16-9-4-5-10-16/h1-3,6-7,14H,4-5,8-12H2. The monoisotopic (exact) mass is 244 g/mol. The number of nitrogens with zero attached hydrogens (tertiary/aromatic N) is 2. The van der Waals surface area contributed by atoms with Gasteiger partial charge in [-0.3, -0.25) is 9.69 Å². The van der Waals surface area contributed by atoms with E-state index in [0.29, 0.717) is 6.04 Å². The molecule has 0 radical (unpaired) electrons. The van der Waals surface area contributed by atoms with E-state index in [0.717, 1.165) is 25.1 Å². The molecule has 1 atom stereocenters. The topological polar surface area (TPSA) is 23.6 Å². The Kier molecular flexibility index (Phi) is 3.33. The lowest BCUT2D eigenvalue weighted by Crippen LogP contribution is -2.37. The highest BCUT2D eigenvalue weighted by molar-refractivity contribution is 5.94. The van der Waals surface area contributed by atoms with Gasteiger partial charge in [-0.15, -0.1) is 0 Å². The van der Waals surface area contributed by atoms with Crippen LogP contribution in [0, 0.1) is 0 Å². The Labute approximate surface area is 108 Å². The highest BCUT2D eigenvalue weighted by atomic mass is 16.2. The van der Waals surface area contributed by atoms with Crippen molar-refractivity contribution in [1.29, 1.82) is 0 Å². The first-order valence-electron chi connectivity index (χ1n) is 6.93. The molecule has 1 unspecified atom stereocenters. The summed E-state index contributed by atoms with van der Waals surface area (Å²) < 4.78 is 0. The summed E-state index contributed by atoms with van der Waals surface area (Å²) in [7, 11) is 0. The molecule has 2 aliphatic rings. The molecule has 2 heterocycles. The number of hydrogen-bond donors (Lipinski definition) is 0. The zero-order valence-electron chi connectivity index (χ0n) is 10.7. The second-order valence-electron chi connectivity index (χ2n) is 5.30. The van der Waals surface area contributed by atoms with Crippen molar-refractivity contribution in [3.63, 3.8) is 0 Å². The minimum atomic E-state index is 0.192. The van der Waals surface area contributed by atoms with E-state index in [2.05, 4.69) is 4.90 Å². The van der Waals surface area contributed by atoms with Crippen LogP contribution in [0.4, 0.5) is 0 Å². The number of likely N-dealkylation sites (tertiary alicyclic amines) is 2. The number of carbonyl (C=O) groups excluding carboxylic acids is 1. The molecular weight excluding hydrogens is 224 g/mol. The maximum absolute atomic E-state index is 12.3. The van der Waals surface area contributed by atoms with Crippen molar-refractivity contribution in [1.82, 2.24) is 9.80 Å². The third-order valence-electron chi connectivity index (χ3n) is 4.13. The van der Waals surface area contributed by atoms with E-state index in [4.69, 9.17) is 0 Å². The lowest BCUT2D eigenvalue weighted by molar-refractivity contribution is 0.0780. The molecule has 2 aliphatic heterocycles. The van der Waals surface area contributed by atoms with E-state index in [1.54, 1.807) is 0 Å². The fourth-order valence-electron chi connectivity index (χ4n) is 3.09. The summed E-state index contributed by atoms with van der Waals surface area (Å²) >= 11 is 0. The maximum atomic E-state index is 12.3. The van der Waals surface area contributed by atoms with Crippen molar-refractivity contribution in [2.75, 3.05) is 26.2 Å². The van der Waals surface area contributed by atoms with Crippen molar-refractivity contribution in [3.05, 3.63) is 35.9 Å². The summed E-state index contributed by atoms with van der Waals surface area (Å²) in [5, 5.41) is 0. The summed E-state index contributed by atoms with van der Waals surface area (Å²) in [6.45, 7) is 4.26. The SMILES string of the molecule is O=C(c1ccccc1)N1CCC(N2CCCC2)C1. The number of benzene rings is 1. The van der Waals surface area contributed by atoms with Crippen LogP contribution >= 0.6 is 0 Å². The summed E-state index contributed by atoms with van der Waals surface area (Å²) in [5.74, 6) is 0.192. The van der Waals surface area contributed by atoms with Gasteiger partial charge in [0.2, 0.25) is 0 Å². The normalized spacial score (nSPS) is 24.7. The molecule has 96 valence electrons. The Hall–Kier alpha value is -1.35. The average Bonchev–Trinajstić information content (AvgIpc) is 3.09. The zero-order valence-corrected chi connectivity index (χ0v) is 10.7. The van der Waals surface area contributed by atoms with Gasteiger partial charge in [-0.05, 0) is 44.5 Å². The first-order chi connectivity index (χ1) is 8.84. The fourth-order valence-corrected chi connectivity index (χ4v) is 3.09. The van der Waals surface area contributed by atoms with E-state index < -0.39 is 0 Å². The van der Waals surface area contributed by atoms with Gasteiger partial charge in [-0.25, -0.2) is 0 Å². The minimum Gasteiger partial charge on any atom is -0.337 e. The third-order valence-corrected chi connectivity index (χ3v) is 4.13. The first kappa shape index (κ1) is 11.7. The zero-order chi connectivity index (χ0) is 12.4. The van der Waals surface area contributed by atoms with E-state index in [-0.39, 0.29) is 5.91 Å². The maximum Gasteiger partial charge on any atom is 0.253 e. The molecule has 0 aromatic heterocycles. The average molecular weight is 244 g/mol. The van der Waals surface area contributed by atoms with Crippen molar-refractivity contribution in [2.24, 2.45) is 0 Å². The molecular formula is C15H20N2O. The highest BCUT2D eigenvalue weighted by Crippen LogP contribution is 2.21. The Balaban J connectivity index is 1.63. The molecule has 3 nitrogen and oxygen atoms in total. The Morgan fingerprint density at radius 3 is 2.50 bits per heavy atom. The van der Waals surface area contributed by atoms with Crippen LogP contribution in [0.5, 0.6) is 0 Å². The van der Waals surface area contributed by atoms with Gasteiger partial charge in [0, 0.05) is 24.7 Å². The van der Waals surface area contributed by atoms with Gasteiger partial charge in [-0.2, -0.15) is 0 Å². The number of hydrogen-bond acceptors (Lipinski definition) is 2. The van der Waals surface area contributed by atoms with Gasteiger partial charge in [0.25, 0.3) is 5.91 Å². The van der Waals surface area contributed by atoms with Crippen LogP contribution in [0.15, 0.2) is 30.3 Å². The molecule has 1 amide bonds. The van der Waals surface area contributed by atoms with Crippen LogP contribution < -0.4 is 0 Å².